The van der Waals surface area contributed by atoms with Crippen LogP contribution in [0.15, 0.2) is 4.99 Å². The summed E-state index contributed by atoms with van der Waals surface area (Å²) in [6.45, 7) is 6.43. The van der Waals surface area contributed by atoms with Crippen molar-refractivity contribution in [3.63, 3.8) is 0 Å². The molecule has 6 nitrogen and oxygen atoms in total. The van der Waals surface area contributed by atoms with Gasteiger partial charge in [-0.3, -0.25) is 4.79 Å². The predicted molar refractivity (Wildman–Crippen MR) is 122 cm³/mol. The van der Waals surface area contributed by atoms with Crippen molar-refractivity contribution in [1.82, 2.24) is 15.5 Å². The summed E-state index contributed by atoms with van der Waals surface area (Å²) >= 11 is 0. The van der Waals surface area contributed by atoms with Crippen molar-refractivity contribution in [2.45, 2.75) is 70.9 Å². The normalized spacial score (nSPS) is 26.3. The monoisotopic (exact) mass is 494 g/mol. The van der Waals surface area contributed by atoms with Crippen LogP contribution in [0.25, 0.3) is 0 Å². The van der Waals surface area contributed by atoms with Gasteiger partial charge in [0.2, 0.25) is 5.91 Å². The molecule has 158 valence electrons. The predicted octanol–water partition coefficient (Wildman–Crippen LogP) is 3.01. The molecule has 1 amide bonds. The van der Waals surface area contributed by atoms with E-state index in [4.69, 9.17) is 4.74 Å². The van der Waals surface area contributed by atoms with Gasteiger partial charge in [-0.1, -0.05) is 13.8 Å². The van der Waals surface area contributed by atoms with Gasteiger partial charge < -0.3 is 20.3 Å². The average molecular weight is 494 g/mol. The Morgan fingerprint density at radius 3 is 2.41 bits per heavy atom. The van der Waals surface area contributed by atoms with Crippen molar-refractivity contribution in [2.24, 2.45) is 16.8 Å². The SMILES string of the molecule is CC(C)C1CCC(NC(=NCC(=O)N(C)C)NCC2CCCCO2)CC1.I. The van der Waals surface area contributed by atoms with E-state index in [9.17, 15) is 4.79 Å². The molecule has 1 saturated heterocycles. The zero-order valence-electron chi connectivity index (χ0n) is 17.5. The first kappa shape index (κ1) is 24.5. The number of aliphatic imine (C=N–C) groups is 1. The first-order chi connectivity index (χ1) is 12.5. The third-order valence-electron chi connectivity index (χ3n) is 5.70. The molecule has 0 bridgehead atoms. The highest BCUT2D eigenvalue weighted by Gasteiger charge is 2.24. The molecule has 0 radical (unpaired) electrons. The molecular weight excluding hydrogens is 455 g/mol. The Balaban J connectivity index is 0.00000364. The molecule has 1 aliphatic heterocycles. The zero-order chi connectivity index (χ0) is 18.9. The smallest absolute Gasteiger partial charge is 0.243 e. The lowest BCUT2D eigenvalue weighted by molar-refractivity contribution is -0.127. The number of nitrogens with zero attached hydrogens (tertiary/aromatic N) is 2. The molecule has 1 heterocycles. The minimum Gasteiger partial charge on any atom is -0.376 e. The van der Waals surface area contributed by atoms with E-state index in [1.165, 1.54) is 32.1 Å². The van der Waals surface area contributed by atoms with Crippen LogP contribution in [0.2, 0.25) is 0 Å². The lowest BCUT2D eigenvalue weighted by Gasteiger charge is -2.32. The Morgan fingerprint density at radius 2 is 1.85 bits per heavy atom. The second-order valence-electron chi connectivity index (χ2n) is 8.32. The lowest BCUT2D eigenvalue weighted by Crippen LogP contribution is -2.48. The average Bonchev–Trinajstić information content (AvgIpc) is 2.64. The highest BCUT2D eigenvalue weighted by molar-refractivity contribution is 14.0. The Bertz CT molecular complexity index is 457. The summed E-state index contributed by atoms with van der Waals surface area (Å²) in [6, 6.07) is 0.443. The molecule has 0 aromatic rings. The van der Waals surface area contributed by atoms with Crippen molar-refractivity contribution in [3.8, 4) is 0 Å². The van der Waals surface area contributed by atoms with Gasteiger partial charge in [0, 0.05) is 33.3 Å². The quantitative estimate of drug-likeness (QED) is 0.339. The van der Waals surface area contributed by atoms with Gasteiger partial charge in [-0.05, 0) is 56.8 Å². The fourth-order valence-corrected chi connectivity index (χ4v) is 3.74. The molecule has 2 N–H and O–H groups in total. The van der Waals surface area contributed by atoms with Crippen LogP contribution in [-0.2, 0) is 9.53 Å². The third kappa shape index (κ3) is 8.98. The van der Waals surface area contributed by atoms with E-state index in [-0.39, 0.29) is 42.5 Å². The van der Waals surface area contributed by atoms with E-state index < -0.39 is 0 Å². The van der Waals surface area contributed by atoms with Gasteiger partial charge >= 0.3 is 0 Å². The van der Waals surface area contributed by atoms with Crippen molar-refractivity contribution in [2.75, 3.05) is 33.8 Å². The highest BCUT2D eigenvalue weighted by atomic mass is 127. The van der Waals surface area contributed by atoms with E-state index in [0.29, 0.717) is 6.04 Å². The number of hydrogen-bond donors (Lipinski definition) is 2. The van der Waals surface area contributed by atoms with Gasteiger partial charge in [0.25, 0.3) is 0 Å². The number of guanidine groups is 1. The molecule has 0 aromatic heterocycles. The summed E-state index contributed by atoms with van der Waals surface area (Å²) in [7, 11) is 3.53. The molecule has 0 spiro atoms. The summed E-state index contributed by atoms with van der Waals surface area (Å²) < 4.78 is 5.80. The fourth-order valence-electron chi connectivity index (χ4n) is 3.74. The second kappa shape index (κ2) is 12.8. The van der Waals surface area contributed by atoms with Crippen LogP contribution >= 0.6 is 24.0 Å². The molecule has 1 unspecified atom stereocenters. The lowest BCUT2D eigenvalue weighted by atomic mass is 9.80. The van der Waals surface area contributed by atoms with Crippen LogP contribution in [0, 0.1) is 11.8 Å². The van der Waals surface area contributed by atoms with Crippen LogP contribution in [0.4, 0.5) is 0 Å². The number of ether oxygens (including phenoxy) is 1. The molecule has 1 saturated carbocycles. The van der Waals surface area contributed by atoms with Crippen LogP contribution < -0.4 is 10.6 Å². The number of rotatable bonds is 6. The molecule has 2 fully saturated rings. The number of hydrogen-bond acceptors (Lipinski definition) is 3. The minimum absolute atomic E-state index is 0. The number of halogens is 1. The van der Waals surface area contributed by atoms with E-state index in [0.717, 1.165) is 43.8 Å². The van der Waals surface area contributed by atoms with E-state index in [2.05, 4.69) is 29.5 Å². The topological polar surface area (TPSA) is 66.0 Å². The molecular formula is C20H39IN4O2. The van der Waals surface area contributed by atoms with Gasteiger partial charge in [-0.2, -0.15) is 0 Å². The van der Waals surface area contributed by atoms with Crippen molar-refractivity contribution in [1.29, 1.82) is 0 Å². The van der Waals surface area contributed by atoms with Crippen LogP contribution in [0.3, 0.4) is 0 Å². The maximum Gasteiger partial charge on any atom is 0.243 e. The zero-order valence-corrected chi connectivity index (χ0v) is 19.8. The van der Waals surface area contributed by atoms with Crippen molar-refractivity contribution >= 4 is 35.8 Å². The summed E-state index contributed by atoms with van der Waals surface area (Å²) in [4.78, 5) is 18.0. The molecule has 27 heavy (non-hydrogen) atoms. The van der Waals surface area contributed by atoms with Crippen molar-refractivity contribution in [3.05, 3.63) is 0 Å². The first-order valence-electron chi connectivity index (χ1n) is 10.3. The highest BCUT2D eigenvalue weighted by Crippen LogP contribution is 2.29. The molecule has 1 atom stereocenters. The largest absolute Gasteiger partial charge is 0.376 e. The summed E-state index contributed by atoms with van der Waals surface area (Å²) in [5.74, 6) is 2.38. The number of carbonyl (C=O) groups is 1. The third-order valence-corrected chi connectivity index (χ3v) is 5.70. The molecule has 2 aliphatic rings. The Labute approximate surface area is 182 Å². The Hall–Kier alpha value is -0.570. The maximum absolute atomic E-state index is 11.9. The molecule has 1 aliphatic carbocycles. The number of nitrogens with one attached hydrogen (secondary N) is 2. The van der Waals surface area contributed by atoms with Crippen LogP contribution in [-0.4, -0.2) is 62.7 Å². The van der Waals surface area contributed by atoms with Gasteiger partial charge in [-0.25, -0.2) is 4.99 Å². The number of likely N-dealkylation sites (N-methyl/N-ethyl adjacent to an activating group) is 1. The van der Waals surface area contributed by atoms with E-state index in [1.807, 2.05) is 0 Å². The number of amides is 1. The Kier molecular flexibility index (Phi) is 11.6. The summed E-state index contributed by atoms with van der Waals surface area (Å²) in [5, 5.41) is 6.97. The first-order valence-corrected chi connectivity index (χ1v) is 10.3. The molecule has 2 rings (SSSR count). The molecule has 0 aromatic carbocycles. The number of carbonyl (C=O) groups excluding carboxylic acids is 1. The maximum atomic E-state index is 11.9. The van der Waals surface area contributed by atoms with Crippen molar-refractivity contribution < 1.29 is 9.53 Å². The second-order valence-corrected chi connectivity index (χ2v) is 8.32. The van der Waals surface area contributed by atoms with Crippen LogP contribution in [0.1, 0.15) is 58.8 Å². The van der Waals surface area contributed by atoms with E-state index in [1.54, 1.807) is 19.0 Å². The van der Waals surface area contributed by atoms with E-state index >= 15 is 0 Å². The summed E-state index contributed by atoms with van der Waals surface area (Å²) in [6.07, 6.45) is 8.61. The Morgan fingerprint density at radius 1 is 1.15 bits per heavy atom. The van der Waals surface area contributed by atoms with Gasteiger partial charge in [0.1, 0.15) is 6.54 Å². The van der Waals surface area contributed by atoms with Gasteiger partial charge in [0.15, 0.2) is 5.96 Å². The minimum atomic E-state index is 0. The summed E-state index contributed by atoms with van der Waals surface area (Å²) in [5.41, 5.74) is 0. The van der Waals surface area contributed by atoms with Crippen LogP contribution in [0.5, 0.6) is 0 Å². The van der Waals surface area contributed by atoms with Gasteiger partial charge in [-0.15, -0.1) is 24.0 Å². The standard InChI is InChI=1S/C20H38N4O2.HI/c1-15(2)16-8-10-17(11-9-16)23-20(22-14-19(25)24(3)4)21-13-18-7-5-6-12-26-18;/h15-18H,5-14H2,1-4H3,(H2,21,22,23);1H. The molecule has 7 heteroatoms. The fraction of sp³-hybridized carbons (Fsp3) is 0.900. The van der Waals surface area contributed by atoms with Gasteiger partial charge in [0.05, 0.1) is 6.10 Å².